The predicted molar refractivity (Wildman–Crippen MR) is 86.8 cm³/mol. The molecule has 0 bridgehead atoms. The SMILES string of the molecule is CCCCC(CC)Nc1ccc(NS(=O)(=O)CC)cc1. The Labute approximate surface area is 123 Å². The molecular weight excluding hydrogens is 272 g/mol. The monoisotopic (exact) mass is 298 g/mol. The van der Waals surface area contributed by atoms with E-state index in [1.54, 1.807) is 19.1 Å². The third kappa shape index (κ3) is 5.82. The summed E-state index contributed by atoms with van der Waals surface area (Å²) in [5, 5.41) is 3.49. The summed E-state index contributed by atoms with van der Waals surface area (Å²) in [5.41, 5.74) is 1.64. The Kier molecular flexibility index (Phi) is 6.85. The molecule has 0 saturated carbocycles. The van der Waals surface area contributed by atoms with Crippen LogP contribution in [0.1, 0.15) is 46.5 Å². The molecule has 1 unspecified atom stereocenters. The maximum absolute atomic E-state index is 11.5. The summed E-state index contributed by atoms with van der Waals surface area (Å²) in [7, 11) is -3.20. The molecule has 1 aromatic carbocycles. The van der Waals surface area contributed by atoms with Gasteiger partial charge in [-0.1, -0.05) is 26.7 Å². The normalized spacial score (nSPS) is 12.9. The van der Waals surface area contributed by atoms with Crippen LogP contribution in [0.15, 0.2) is 24.3 Å². The molecule has 4 nitrogen and oxygen atoms in total. The molecule has 2 N–H and O–H groups in total. The van der Waals surface area contributed by atoms with Crippen LogP contribution in [0.2, 0.25) is 0 Å². The molecule has 0 aliphatic rings. The lowest BCUT2D eigenvalue weighted by molar-refractivity contribution is 0.593. The Morgan fingerprint density at radius 1 is 1.05 bits per heavy atom. The highest BCUT2D eigenvalue weighted by molar-refractivity contribution is 7.92. The molecule has 0 saturated heterocycles. The summed E-state index contributed by atoms with van der Waals surface area (Å²) >= 11 is 0. The van der Waals surface area contributed by atoms with Crippen molar-refractivity contribution in [3.05, 3.63) is 24.3 Å². The summed E-state index contributed by atoms with van der Waals surface area (Å²) in [6.07, 6.45) is 4.68. The van der Waals surface area contributed by atoms with Crippen LogP contribution in [-0.2, 0) is 10.0 Å². The summed E-state index contributed by atoms with van der Waals surface area (Å²) in [4.78, 5) is 0. The molecular formula is C15H26N2O2S. The Morgan fingerprint density at radius 2 is 1.65 bits per heavy atom. The number of anilines is 2. The minimum atomic E-state index is -3.20. The maximum atomic E-state index is 11.5. The first-order valence-electron chi connectivity index (χ1n) is 7.37. The van der Waals surface area contributed by atoms with Crippen LogP contribution in [0.5, 0.6) is 0 Å². The van der Waals surface area contributed by atoms with Gasteiger partial charge in [0, 0.05) is 17.4 Å². The van der Waals surface area contributed by atoms with Gasteiger partial charge in [0.25, 0.3) is 0 Å². The van der Waals surface area contributed by atoms with Gasteiger partial charge >= 0.3 is 0 Å². The number of benzene rings is 1. The van der Waals surface area contributed by atoms with Crippen molar-refractivity contribution in [1.82, 2.24) is 0 Å². The highest BCUT2D eigenvalue weighted by atomic mass is 32.2. The topological polar surface area (TPSA) is 58.2 Å². The van der Waals surface area contributed by atoms with Gasteiger partial charge in [-0.15, -0.1) is 0 Å². The van der Waals surface area contributed by atoms with Crippen molar-refractivity contribution in [3.8, 4) is 0 Å². The van der Waals surface area contributed by atoms with Gasteiger partial charge in [0.1, 0.15) is 0 Å². The van der Waals surface area contributed by atoms with E-state index in [9.17, 15) is 8.42 Å². The van der Waals surface area contributed by atoms with Crippen molar-refractivity contribution in [3.63, 3.8) is 0 Å². The van der Waals surface area contributed by atoms with Gasteiger partial charge in [0.2, 0.25) is 10.0 Å². The average Bonchev–Trinajstić information content (AvgIpc) is 2.45. The lowest BCUT2D eigenvalue weighted by Crippen LogP contribution is -2.18. The standard InChI is InChI=1S/C15H26N2O2S/c1-4-7-8-13(5-2)16-14-9-11-15(12-10-14)17-20(18,19)6-3/h9-13,16-17H,4-8H2,1-3H3. The molecule has 1 atom stereocenters. The predicted octanol–water partition coefficient (Wildman–Crippen LogP) is 3.83. The van der Waals surface area contributed by atoms with Crippen LogP contribution in [0.3, 0.4) is 0 Å². The Morgan fingerprint density at radius 3 is 2.15 bits per heavy atom. The fourth-order valence-electron chi connectivity index (χ4n) is 1.95. The van der Waals surface area contributed by atoms with E-state index < -0.39 is 10.0 Å². The number of nitrogens with one attached hydrogen (secondary N) is 2. The average molecular weight is 298 g/mol. The van der Waals surface area contributed by atoms with Gasteiger partial charge in [0.15, 0.2) is 0 Å². The first-order chi connectivity index (χ1) is 9.50. The van der Waals surface area contributed by atoms with Crippen LogP contribution < -0.4 is 10.0 Å². The minimum Gasteiger partial charge on any atom is -0.382 e. The Balaban J connectivity index is 2.62. The molecule has 20 heavy (non-hydrogen) atoms. The number of unbranched alkanes of at least 4 members (excludes halogenated alkanes) is 1. The van der Waals surface area contributed by atoms with Crippen molar-refractivity contribution in [2.45, 2.75) is 52.5 Å². The Hall–Kier alpha value is -1.23. The molecule has 0 radical (unpaired) electrons. The zero-order chi connectivity index (χ0) is 15.0. The molecule has 0 aliphatic heterocycles. The van der Waals surface area contributed by atoms with Gasteiger partial charge < -0.3 is 5.32 Å². The lowest BCUT2D eigenvalue weighted by Gasteiger charge is -2.18. The Bertz CT molecular complexity index is 483. The summed E-state index contributed by atoms with van der Waals surface area (Å²) in [5.74, 6) is 0.0852. The number of sulfonamides is 1. The van der Waals surface area contributed by atoms with E-state index in [0.29, 0.717) is 11.7 Å². The van der Waals surface area contributed by atoms with Crippen molar-refractivity contribution < 1.29 is 8.42 Å². The van der Waals surface area contributed by atoms with Crippen LogP contribution in [0, 0.1) is 0 Å². The molecule has 114 valence electrons. The first kappa shape index (κ1) is 16.8. The molecule has 0 spiro atoms. The molecule has 0 aromatic heterocycles. The van der Waals surface area contributed by atoms with Crippen LogP contribution >= 0.6 is 0 Å². The largest absolute Gasteiger partial charge is 0.382 e. The zero-order valence-electron chi connectivity index (χ0n) is 12.6. The third-order valence-corrected chi connectivity index (χ3v) is 4.61. The van der Waals surface area contributed by atoms with Crippen LogP contribution in [0.4, 0.5) is 11.4 Å². The van der Waals surface area contributed by atoms with Gasteiger partial charge in [-0.05, 0) is 44.0 Å². The highest BCUT2D eigenvalue weighted by Crippen LogP contribution is 2.18. The van der Waals surface area contributed by atoms with E-state index >= 15 is 0 Å². The molecule has 1 rings (SSSR count). The van der Waals surface area contributed by atoms with Crippen molar-refractivity contribution >= 4 is 21.4 Å². The van der Waals surface area contributed by atoms with E-state index in [4.69, 9.17) is 0 Å². The van der Waals surface area contributed by atoms with E-state index in [1.807, 2.05) is 12.1 Å². The first-order valence-corrected chi connectivity index (χ1v) is 9.03. The number of hydrogen-bond donors (Lipinski definition) is 2. The fraction of sp³-hybridized carbons (Fsp3) is 0.600. The smallest absolute Gasteiger partial charge is 0.232 e. The molecule has 1 aromatic rings. The molecule has 0 aliphatic carbocycles. The van der Waals surface area contributed by atoms with E-state index in [0.717, 1.165) is 18.5 Å². The van der Waals surface area contributed by atoms with Gasteiger partial charge in [-0.3, -0.25) is 4.72 Å². The van der Waals surface area contributed by atoms with Gasteiger partial charge in [-0.25, -0.2) is 8.42 Å². The zero-order valence-corrected chi connectivity index (χ0v) is 13.5. The lowest BCUT2D eigenvalue weighted by atomic mass is 10.1. The molecule has 0 fully saturated rings. The second kappa shape index (κ2) is 8.15. The van der Waals surface area contributed by atoms with E-state index in [-0.39, 0.29) is 5.75 Å². The van der Waals surface area contributed by atoms with Gasteiger partial charge in [-0.2, -0.15) is 0 Å². The molecule has 0 amide bonds. The summed E-state index contributed by atoms with van der Waals surface area (Å²) < 4.78 is 25.5. The van der Waals surface area contributed by atoms with Crippen molar-refractivity contribution in [2.75, 3.05) is 15.8 Å². The van der Waals surface area contributed by atoms with Gasteiger partial charge in [0.05, 0.1) is 5.75 Å². The van der Waals surface area contributed by atoms with E-state index in [1.165, 1.54) is 12.8 Å². The van der Waals surface area contributed by atoms with Crippen LogP contribution in [0.25, 0.3) is 0 Å². The van der Waals surface area contributed by atoms with Crippen molar-refractivity contribution in [1.29, 1.82) is 0 Å². The van der Waals surface area contributed by atoms with E-state index in [2.05, 4.69) is 23.9 Å². The number of rotatable bonds is 9. The summed E-state index contributed by atoms with van der Waals surface area (Å²) in [6, 6.07) is 7.90. The van der Waals surface area contributed by atoms with Crippen molar-refractivity contribution in [2.24, 2.45) is 0 Å². The second-order valence-corrected chi connectivity index (χ2v) is 6.99. The second-order valence-electron chi connectivity index (χ2n) is 4.97. The maximum Gasteiger partial charge on any atom is 0.232 e. The highest BCUT2D eigenvalue weighted by Gasteiger charge is 2.08. The fourth-order valence-corrected chi connectivity index (χ4v) is 2.59. The molecule has 5 heteroatoms. The third-order valence-electron chi connectivity index (χ3n) is 3.31. The number of hydrogen-bond acceptors (Lipinski definition) is 3. The van der Waals surface area contributed by atoms with Crippen LogP contribution in [-0.4, -0.2) is 20.2 Å². The summed E-state index contributed by atoms with van der Waals surface area (Å²) in [6.45, 7) is 6.00. The minimum absolute atomic E-state index is 0.0852. The quantitative estimate of drug-likeness (QED) is 0.728. The molecule has 0 heterocycles.